The van der Waals surface area contributed by atoms with Gasteiger partial charge in [0.05, 0.1) is 0 Å². The number of benzene rings is 1. The lowest BCUT2D eigenvalue weighted by atomic mass is 10.2. The van der Waals surface area contributed by atoms with Crippen LogP contribution in [-0.2, 0) is 17.9 Å². The normalized spacial score (nSPS) is 10.7. The molecule has 0 radical (unpaired) electrons. The summed E-state index contributed by atoms with van der Waals surface area (Å²) in [6, 6.07) is 9.57. The Morgan fingerprint density at radius 3 is 2.89 bits per heavy atom. The second-order valence-electron chi connectivity index (χ2n) is 6.21. The molecule has 0 saturated heterocycles. The number of carbonyl (C=O) groups excluding carboxylic acids is 1. The molecule has 0 fully saturated rings. The molecule has 28 heavy (non-hydrogen) atoms. The summed E-state index contributed by atoms with van der Waals surface area (Å²) in [5.74, 6) is 0.730. The molecule has 0 aliphatic carbocycles. The van der Waals surface area contributed by atoms with Crippen LogP contribution in [-0.4, -0.2) is 47.2 Å². The van der Waals surface area contributed by atoms with Crippen LogP contribution in [0.5, 0.6) is 0 Å². The summed E-state index contributed by atoms with van der Waals surface area (Å²) in [4.78, 5) is 18.5. The predicted molar refractivity (Wildman–Crippen MR) is 125 cm³/mol. The number of nitrogens with zero attached hydrogens (tertiary/aromatic N) is 4. The summed E-state index contributed by atoms with van der Waals surface area (Å²) in [7, 11) is 3.79. The van der Waals surface area contributed by atoms with Crippen molar-refractivity contribution in [3.05, 3.63) is 60.9 Å². The smallest absolute Gasteiger partial charge is 0.246 e. The Labute approximate surface area is 183 Å². The van der Waals surface area contributed by atoms with Gasteiger partial charge in [0.2, 0.25) is 5.91 Å². The largest absolute Gasteiger partial charge is 0.352 e. The molecule has 0 saturated carbocycles. The standard InChI is InChI=1S/C20H28N6O.HI/c1-4-5-6-12-25(3)20(21-2)22-15-17-9-7-10-18(14-17)24-19(27)16-26-13-8-11-23-26;/h4,7-11,13-14H,1,5-6,12,15-16H2,2-3H3,(H,21,22)(H,24,27);1H. The molecule has 0 atom stereocenters. The van der Waals surface area contributed by atoms with E-state index in [0.717, 1.165) is 36.6 Å². The lowest BCUT2D eigenvalue weighted by Crippen LogP contribution is -2.38. The van der Waals surface area contributed by atoms with Crippen molar-refractivity contribution in [1.82, 2.24) is 20.0 Å². The monoisotopic (exact) mass is 496 g/mol. The van der Waals surface area contributed by atoms with Gasteiger partial charge in [-0.3, -0.25) is 14.5 Å². The number of guanidine groups is 1. The van der Waals surface area contributed by atoms with Gasteiger partial charge in [0, 0.05) is 45.3 Å². The SMILES string of the molecule is C=CCCCN(C)C(=NC)NCc1cccc(NC(=O)Cn2cccn2)c1.I. The van der Waals surface area contributed by atoms with E-state index in [2.05, 4.69) is 32.2 Å². The van der Waals surface area contributed by atoms with Crippen LogP contribution in [0, 0.1) is 0 Å². The maximum Gasteiger partial charge on any atom is 0.246 e. The quantitative estimate of drug-likeness (QED) is 0.184. The third kappa shape index (κ3) is 8.12. The van der Waals surface area contributed by atoms with Gasteiger partial charge in [0.15, 0.2) is 5.96 Å². The number of amides is 1. The molecule has 2 aromatic rings. The summed E-state index contributed by atoms with van der Waals surface area (Å²) in [5, 5.41) is 10.3. The van der Waals surface area contributed by atoms with E-state index in [1.165, 1.54) is 0 Å². The average Bonchev–Trinajstić information content (AvgIpc) is 3.15. The Bertz CT molecular complexity index is 760. The molecule has 2 N–H and O–H groups in total. The van der Waals surface area contributed by atoms with Gasteiger partial charge in [-0.1, -0.05) is 18.2 Å². The molecular weight excluding hydrogens is 467 g/mol. The number of rotatable bonds is 9. The van der Waals surface area contributed by atoms with Crippen molar-refractivity contribution in [2.24, 2.45) is 4.99 Å². The van der Waals surface area contributed by atoms with Gasteiger partial charge in [-0.25, -0.2) is 0 Å². The van der Waals surface area contributed by atoms with Crippen molar-refractivity contribution in [3.8, 4) is 0 Å². The number of hydrogen-bond acceptors (Lipinski definition) is 3. The van der Waals surface area contributed by atoms with E-state index in [1.807, 2.05) is 37.4 Å². The lowest BCUT2D eigenvalue weighted by molar-refractivity contribution is -0.116. The number of nitrogens with one attached hydrogen (secondary N) is 2. The van der Waals surface area contributed by atoms with Crippen LogP contribution >= 0.6 is 24.0 Å². The lowest BCUT2D eigenvalue weighted by Gasteiger charge is -2.22. The van der Waals surface area contributed by atoms with Crippen LogP contribution in [0.1, 0.15) is 18.4 Å². The minimum absolute atomic E-state index is 0. The van der Waals surface area contributed by atoms with Crippen LogP contribution in [0.25, 0.3) is 0 Å². The zero-order chi connectivity index (χ0) is 19.5. The van der Waals surface area contributed by atoms with Crippen LogP contribution < -0.4 is 10.6 Å². The van der Waals surface area contributed by atoms with E-state index in [0.29, 0.717) is 6.54 Å². The zero-order valence-electron chi connectivity index (χ0n) is 16.5. The fraction of sp³-hybridized carbons (Fsp3) is 0.350. The fourth-order valence-corrected chi connectivity index (χ4v) is 2.65. The molecule has 0 spiro atoms. The first kappa shape index (κ1) is 23.7. The number of halogens is 1. The average molecular weight is 496 g/mol. The van der Waals surface area contributed by atoms with E-state index in [9.17, 15) is 4.79 Å². The molecule has 0 aliphatic rings. The van der Waals surface area contributed by atoms with Crippen LogP contribution in [0.3, 0.4) is 0 Å². The molecule has 1 heterocycles. The summed E-state index contributed by atoms with van der Waals surface area (Å²) >= 11 is 0. The number of aliphatic imine (C=N–C) groups is 1. The summed E-state index contributed by atoms with van der Waals surface area (Å²) in [6.07, 6.45) is 7.37. The Balaban J connectivity index is 0.00000392. The van der Waals surface area contributed by atoms with Gasteiger partial charge < -0.3 is 15.5 Å². The van der Waals surface area contributed by atoms with E-state index < -0.39 is 0 Å². The fourth-order valence-electron chi connectivity index (χ4n) is 2.65. The highest BCUT2D eigenvalue weighted by molar-refractivity contribution is 14.0. The van der Waals surface area contributed by atoms with Gasteiger partial charge in [0.25, 0.3) is 0 Å². The minimum atomic E-state index is -0.110. The highest BCUT2D eigenvalue weighted by atomic mass is 127. The molecule has 1 amide bonds. The second-order valence-corrected chi connectivity index (χ2v) is 6.21. The molecule has 7 nitrogen and oxygen atoms in total. The van der Waals surface area contributed by atoms with Gasteiger partial charge in [-0.05, 0) is 36.6 Å². The number of anilines is 1. The Morgan fingerprint density at radius 2 is 2.21 bits per heavy atom. The number of hydrogen-bond donors (Lipinski definition) is 2. The number of allylic oxidation sites excluding steroid dienone is 1. The zero-order valence-corrected chi connectivity index (χ0v) is 18.8. The Morgan fingerprint density at radius 1 is 1.39 bits per heavy atom. The highest BCUT2D eigenvalue weighted by Gasteiger charge is 2.07. The maximum absolute atomic E-state index is 12.1. The third-order valence-corrected chi connectivity index (χ3v) is 4.00. The first-order valence-electron chi connectivity index (χ1n) is 9.01. The molecule has 152 valence electrons. The first-order chi connectivity index (χ1) is 13.1. The van der Waals surface area contributed by atoms with Crippen molar-refractivity contribution in [3.63, 3.8) is 0 Å². The molecule has 8 heteroatoms. The molecule has 2 rings (SSSR count). The van der Waals surface area contributed by atoms with Crippen molar-refractivity contribution in [2.75, 3.05) is 26.0 Å². The Hall–Kier alpha value is -2.36. The number of carbonyl (C=O) groups is 1. The van der Waals surface area contributed by atoms with Gasteiger partial charge >= 0.3 is 0 Å². The van der Waals surface area contributed by atoms with Gasteiger partial charge in [-0.15, -0.1) is 30.6 Å². The Kier molecular flexibility index (Phi) is 10.9. The molecule has 0 aliphatic heterocycles. The maximum atomic E-state index is 12.1. The highest BCUT2D eigenvalue weighted by Crippen LogP contribution is 2.11. The van der Waals surface area contributed by atoms with Crippen molar-refractivity contribution < 1.29 is 4.79 Å². The van der Waals surface area contributed by atoms with Crippen molar-refractivity contribution in [1.29, 1.82) is 0 Å². The van der Waals surface area contributed by atoms with Crippen LogP contribution in [0.4, 0.5) is 5.69 Å². The first-order valence-corrected chi connectivity index (χ1v) is 9.01. The summed E-state index contributed by atoms with van der Waals surface area (Å²) in [6.45, 7) is 5.48. The third-order valence-electron chi connectivity index (χ3n) is 4.00. The van der Waals surface area contributed by atoms with E-state index in [-0.39, 0.29) is 36.4 Å². The number of unbranched alkanes of at least 4 members (excludes halogenated alkanes) is 1. The number of aromatic nitrogens is 2. The second kappa shape index (κ2) is 12.9. The van der Waals surface area contributed by atoms with Crippen molar-refractivity contribution >= 4 is 41.5 Å². The molecule has 1 aromatic carbocycles. The molecular formula is C20H29IN6O. The summed E-state index contributed by atoms with van der Waals surface area (Å²) in [5.41, 5.74) is 1.83. The van der Waals surface area contributed by atoms with Crippen LogP contribution in [0.15, 0.2) is 60.4 Å². The summed E-state index contributed by atoms with van der Waals surface area (Å²) < 4.78 is 1.59. The van der Waals surface area contributed by atoms with Gasteiger partial charge in [-0.2, -0.15) is 5.10 Å². The molecule has 0 unspecified atom stereocenters. The predicted octanol–water partition coefficient (Wildman–Crippen LogP) is 3.11. The van der Waals surface area contributed by atoms with E-state index in [4.69, 9.17) is 0 Å². The van der Waals surface area contributed by atoms with E-state index in [1.54, 1.807) is 30.2 Å². The molecule has 1 aromatic heterocycles. The molecule has 0 bridgehead atoms. The minimum Gasteiger partial charge on any atom is -0.352 e. The van der Waals surface area contributed by atoms with Crippen molar-refractivity contribution in [2.45, 2.75) is 25.9 Å². The van der Waals surface area contributed by atoms with Crippen LogP contribution in [0.2, 0.25) is 0 Å². The topological polar surface area (TPSA) is 74.5 Å². The van der Waals surface area contributed by atoms with Gasteiger partial charge in [0.1, 0.15) is 6.54 Å². The van der Waals surface area contributed by atoms with E-state index >= 15 is 0 Å².